The van der Waals surface area contributed by atoms with Crippen molar-refractivity contribution < 1.29 is 62.5 Å². The maximum Gasteiger partial charge on any atom is 0.407 e. The van der Waals surface area contributed by atoms with Crippen LogP contribution in [0.15, 0.2) is 59.5 Å². The van der Waals surface area contributed by atoms with E-state index in [2.05, 4.69) is 10.1 Å². The lowest BCUT2D eigenvalue weighted by Gasteiger charge is -2.31. The average Bonchev–Trinajstić information content (AvgIpc) is 3.56. The number of aliphatic hydroxyl groups excluding tert-OH is 1. The third-order valence-electron chi connectivity index (χ3n) is 6.15. The van der Waals surface area contributed by atoms with E-state index >= 15 is 0 Å². The third kappa shape index (κ3) is 8.35. The van der Waals surface area contributed by atoms with Gasteiger partial charge in [0, 0.05) is 25.4 Å². The molecule has 4 rings (SSSR count). The first kappa shape index (κ1) is 18.6. The highest BCUT2D eigenvalue weighted by molar-refractivity contribution is 7.89. The number of carbonyl (C=O) groups is 1. The average molecular weight is 611 g/mol. The zero-order valence-corrected chi connectivity index (χ0v) is 22.1. The van der Waals surface area contributed by atoms with Gasteiger partial charge in [0.25, 0.3) is 0 Å². The number of hydrogen-bond acceptors (Lipinski definition) is 8. The summed E-state index contributed by atoms with van der Waals surface area (Å²) in [5, 5.41) is 13.8. The van der Waals surface area contributed by atoms with Gasteiger partial charge in [0.1, 0.15) is 11.8 Å². The number of aliphatic hydroxyl groups is 1. The Morgan fingerprint density at radius 3 is 2.68 bits per heavy atom. The summed E-state index contributed by atoms with van der Waals surface area (Å²) in [6.45, 7) is -20.0. The monoisotopic (exact) mass is 610 g/mol. The van der Waals surface area contributed by atoms with Crippen molar-refractivity contribution in [2.24, 2.45) is 11.8 Å². The molecule has 0 saturated carbocycles. The van der Waals surface area contributed by atoms with Crippen LogP contribution >= 0.6 is 0 Å². The van der Waals surface area contributed by atoms with Gasteiger partial charge in [-0.25, -0.2) is 13.2 Å². The molecule has 226 valence electrons. The number of fused-ring (bicyclic) bond motifs is 1. The molecule has 0 spiro atoms. The SMILES string of the molecule is [2H]C([2H])([2H])C([2H])(C([2H])([2H])[2H])C([2H])([2H])N(C[C@@H](O)[C@H](Cc1ccccc1)NC(=O)O[C@]1([2H])[C@@H]2CCO[C@@H]2OC1([2H])[2H])S(=O)(=O)c1ccc(OC(F)F)cc1. The highest BCUT2D eigenvalue weighted by Gasteiger charge is 2.44. The fourth-order valence-corrected chi connectivity index (χ4v) is 5.50. The standard InChI is InChI=1S/C28H36F2N2O8S/c1-18(2)15-32(41(35,36)21-10-8-20(9-11-21)39-27(29)30)16-24(33)23(14-19-6-4-3-5-7-19)31-28(34)40-25-17-38-26-22(25)12-13-37-26/h3-11,18,22-27,33H,12-17H2,1-2H3,(H,31,34)/t22-,23-,24+,25-,26+/m0/s1/i1D3,2D3,15D2,17D2,18D,25D. The quantitative estimate of drug-likeness (QED) is 0.354. The van der Waals surface area contributed by atoms with Gasteiger partial charge in [0.2, 0.25) is 10.0 Å². The maximum absolute atomic E-state index is 14.1. The van der Waals surface area contributed by atoms with Crippen molar-refractivity contribution in [1.82, 2.24) is 9.62 Å². The number of rotatable bonds is 13. The van der Waals surface area contributed by atoms with E-state index in [1.807, 2.05) is 0 Å². The summed E-state index contributed by atoms with van der Waals surface area (Å²) in [4.78, 5) is 12.4. The molecule has 0 aliphatic carbocycles. The van der Waals surface area contributed by atoms with Crippen molar-refractivity contribution in [2.45, 2.75) is 62.6 Å². The Morgan fingerprint density at radius 2 is 2.00 bits per heavy atom. The molecule has 2 aromatic rings. The summed E-state index contributed by atoms with van der Waals surface area (Å²) >= 11 is 0. The first-order valence-electron chi connectivity index (χ1n) is 18.3. The van der Waals surface area contributed by atoms with E-state index in [1.165, 1.54) is 12.1 Å². The summed E-state index contributed by atoms with van der Waals surface area (Å²) in [5.74, 6) is -5.86. The van der Waals surface area contributed by atoms with E-state index in [0.717, 1.165) is 12.1 Å². The first-order chi connectivity index (χ1) is 24.2. The van der Waals surface area contributed by atoms with Gasteiger partial charge in [-0.3, -0.25) is 0 Å². The van der Waals surface area contributed by atoms with Crippen molar-refractivity contribution in [3.05, 3.63) is 60.2 Å². The molecule has 5 atom stereocenters. The second-order valence-electron chi connectivity index (χ2n) is 8.99. The molecule has 13 heteroatoms. The van der Waals surface area contributed by atoms with Crippen LogP contribution in [-0.4, -0.2) is 81.3 Å². The number of ether oxygens (including phenoxy) is 4. The van der Waals surface area contributed by atoms with Gasteiger partial charge in [-0.15, -0.1) is 0 Å². The minimum absolute atomic E-state index is 0.0601. The first-order valence-corrected chi connectivity index (χ1v) is 13.7. The van der Waals surface area contributed by atoms with Gasteiger partial charge in [-0.1, -0.05) is 44.0 Å². The maximum atomic E-state index is 14.1. The summed E-state index contributed by atoms with van der Waals surface area (Å²) in [5.41, 5.74) is 0.369. The van der Waals surface area contributed by atoms with Crippen molar-refractivity contribution >= 4 is 16.1 Å². The van der Waals surface area contributed by atoms with Crippen molar-refractivity contribution in [3.8, 4) is 5.75 Å². The predicted molar refractivity (Wildman–Crippen MR) is 144 cm³/mol. The Hall–Kier alpha value is -2.84. The van der Waals surface area contributed by atoms with Crippen LogP contribution in [0.25, 0.3) is 0 Å². The van der Waals surface area contributed by atoms with Crippen LogP contribution in [-0.2, 0) is 30.7 Å². The van der Waals surface area contributed by atoms with Crippen LogP contribution in [0.4, 0.5) is 13.6 Å². The normalized spacial score (nSPS) is 30.7. The highest BCUT2D eigenvalue weighted by Crippen LogP contribution is 2.33. The number of halogens is 2. The Kier molecular flexibility index (Phi) is 6.31. The number of sulfonamides is 1. The Morgan fingerprint density at radius 1 is 1.27 bits per heavy atom. The lowest BCUT2D eigenvalue weighted by atomic mass is 10.0. The lowest BCUT2D eigenvalue weighted by molar-refractivity contribution is -0.0907. The molecule has 2 fully saturated rings. The third-order valence-corrected chi connectivity index (χ3v) is 7.84. The number of alkyl carbamates (subject to hydrolysis) is 1. The van der Waals surface area contributed by atoms with Crippen LogP contribution in [0.1, 0.15) is 42.1 Å². The van der Waals surface area contributed by atoms with Crippen LogP contribution in [0.5, 0.6) is 5.75 Å². The Labute approximate surface area is 255 Å². The van der Waals surface area contributed by atoms with Crippen LogP contribution < -0.4 is 10.1 Å². The molecule has 10 nitrogen and oxygen atoms in total. The number of carbonyl (C=O) groups excluding carboxylic acids is 1. The number of benzene rings is 2. The van der Waals surface area contributed by atoms with Crippen LogP contribution in [0.2, 0.25) is 0 Å². The largest absolute Gasteiger partial charge is 0.443 e. The summed E-state index contributed by atoms with van der Waals surface area (Å²) in [6.07, 6.45) is -8.03. The molecule has 0 radical (unpaired) electrons. The molecule has 2 saturated heterocycles. The molecular weight excluding hydrogens is 562 g/mol. The van der Waals surface area contributed by atoms with Gasteiger partial charge in [-0.05, 0) is 48.6 Å². The van der Waals surface area contributed by atoms with Gasteiger partial charge >= 0.3 is 12.7 Å². The van der Waals surface area contributed by atoms with E-state index in [9.17, 15) is 27.1 Å². The number of nitrogens with one attached hydrogen (secondary N) is 1. The van der Waals surface area contributed by atoms with Gasteiger partial charge in [0.05, 0.1) is 40.2 Å². The molecule has 2 aromatic carbocycles. The summed E-state index contributed by atoms with van der Waals surface area (Å²) < 4.78 is 171. The predicted octanol–water partition coefficient (Wildman–Crippen LogP) is 3.39. The number of hydrogen-bond donors (Lipinski definition) is 2. The topological polar surface area (TPSA) is 124 Å². The van der Waals surface area contributed by atoms with Crippen molar-refractivity contribution in [2.75, 3.05) is 26.2 Å². The summed E-state index contributed by atoms with van der Waals surface area (Å²) in [6, 6.07) is 8.81. The number of nitrogens with zero attached hydrogens (tertiary/aromatic N) is 1. The zero-order valence-electron chi connectivity index (χ0n) is 33.3. The zero-order chi connectivity index (χ0) is 40.0. The smallest absolute Gasteiger partial charge is 0.407 e. The molecule has 2 heterocycles. The molecule has 0 bridgehead atoms. The minimum atomic E-state index is -5.51. The fraction of sp³-hybridized carbons (Fsp3) is 0.536. The molecular formula is C28H36F2N2O8S. The number of amides is 1. The highest BCUT2D eigenvalue weighted by atomic mass is 32.2. The molecule has 2 N–H and O–H groups in total. The fourth-order valence-electron chi connectivity index (χ4n) is 4.20. The van der Waals surface area contributed by atoms with Gasteiger partial charge in [0.15, 0.2) is 6.29 Å². The molecule has 2 aliphatic heterocycles. The molecule has 2 aliphatic rings. The minimum Gasteiger partial charge on any atom is -0.443 e. The van der Waals surface area contributed by atoms with Crippen LogP contribution in [0, 0.1) is 11.8 Å². The van der Waals surface area contributed by atoms with Crippen molar-refractivity contribution in [1.29, 1.82) is 0 Å². The Bertz CT molecular complexity index is 1690. The van der Waals surface area contributed by atoms with E-state index < -0.39 is 103 Å². The van der Waals surface area contributed by atoms with E-state index in [1.54, 1.807) is 18.2 Å². The molecule has 0 unspecified atom stereocenters. The lowest BCUT2D eigenvalue weighted by Crippen LogP contribution is -2.51. The molecule has 1 amide bonds. The molecule has 0 aromatic heterocycles. The van der Waals surface area contributed by atoms with Gasteiger partial charge in [-0.2, -0.15) is 13.1 Å². The Balaban J connectivity index is 1.78. The number of alkyl halides is 2. The van der Waals surface area contributed by atoms with Crippen LogP contribution in [0.3, 0.4) is 0 Å². The second-order valence-corrected chi connectivity index (χ2v) is 10.9. The van der Waals surface area contributed by atoms with E-state index in [4.69, 9.17) is 30.7 Å². The van der Waals surface area contributed by atoms with Crippen molar-refractivity contribution in [3.63, 3.8) is 0 Å². The summed E-state index contributed by atoms with van der Waals surface area (Å²) in [7, 11) is -5.51. The molecule has 41 heavy (non-hydrogen) atoms. The van der Waals surface area contributed by atoms with Gasteiger partial charge < -0.3 is 29.4 Å². The second kappa shape index (κ2) is 13.9. The van der Waals surface area contributed by atoms with E-state index in [0.29, 0.717) is 17.7 Å². The van der Waals surface area contributed by atoms with E-state index in [-0.39, 0.29) is 23.8 Å².